The number of hydrogen-bond donors (Lipinski definition) is 0. The van der Waals surface area contributed by atoms with Gasteiger partial charge in [0.2, 0.25) is 0 Å². The van der Waals surface area contributed by atoms with Crippen LogP contribution in [-0.4, -0.2) is 32.0 Å². The fourth-order valence-corrected chi connectivity index (χ4v) is 22.0. The van der Waals surface area contributed by atoms with Crippen LogP contribution in [0.25, 0.3) is 248 Å². The molecule has 0 bridgehead atoms. The average molecular weight is 1710 g/mol. The summed E-state index contributed by atoms with van der Waals surface area (Å²) in [5.41, 5.74) is 34.0. The van der Waals surface area contributed by atoms with Gasteiger partial charge >= 0.3 is 0 Å². The summed E-state index contributed by atoms with van der Waals surface area (Å²) >= 11 is 0. The van der Waals surface area contributed by atoms with Gasteiger partial charge in [-0.3, -0.25) is 0 Å². The summed E-state index contributed by atoms with van der Waals surface area (Å²) in [5.74, 6) is 0. The van der Waals surface area contributed by atoms with Crippen molar-refractivity contribution in [1.29, 1.82) is 0 Å². The molecular formula is C126H81N7O. The molecule has 0 aliphatic rings. The Morgan fingerprint density at radius 1 is 0.127 bits per heavy atom. The van der Waals surface area contributed by atoms with Crippen molar-refractivity contribution in [1.82, 2.24) is 32.0 Å². The van der Waals surface area contributed by atoms with Gasteiger partial charge in [0.15, 0.2) is 5.58 Å². The van der Waals surface area contributed by atoms with Crippen LogP contribution in [0.5, 0.6) is 0 Å². The minimum absolute atomic E-state index is 0.910. The molecular weight excluding hydrogens is 1630 g/mol. The van der Waals surface area contributed by atoms with Gasteiger partial charge in [-0.25, -0.2) is 0 Å². The largest absolute Gasteiger partial charge is 0.454 e. The molecule has 0 spiro atoms. The summed E-state index contributed by atoms with van der Waals surface area (Å²) in [6, 6.07) is 177. The number of rotatable bonds is 10. The lowest BCUT2D eigenvalue weighted by Gasteiger charge is -2.13. The zero-order valence-corrected chi connectivity index (χ0v) is 72.8. The highest BCUT2D eigenvalue weighted by atomic mass is 16.3. The standard InChI is InChI=1S/C48H32N2.C42H27N3.C36H22N2O/c1-4-14-33(15-5-1)36-30-37(34-16-6-2-7-17-34)32-38(31-36)35-24-26-40(27-25-35)50-44-23-13-11-21-42(44)48-46(50)29-28-45-47(48)41-20-10-12-22-43(41)49(45)39-18-8-3-9-19-39;1-2-13-28(14-3-1)43-37-23-10-6-19-33(37)41-39(43)25-26-40-42(41)34-20-7-11-24-38(34)45(40)30-16-12-15-29(27-30)44-35-21-8-4-17-31(35)32-18-5-9-22-36(32)44;1-2-11-23(12-3-1)37-28-17-7-4-14-26(28)34-30(37)21-22-31-35(34)27-15-5-8-18-29(27)38(31)32-19-10-16-25-24-13-6-9-20-33(24)39-36(25)32/h1-32H;1-27H;1-22H. The van der Waals surface area contributed by atoms with Crippen LogP contribution in [-0.2, 0) is 0 Å². The lowest BCUT2D eigenvalue weighted by Crippen LogP contribution is -1.98. The normalized spacial score (nSPS) is 11.9. The van der Waals surface area contributed by atoms with E-state index in [4.69, 9.17) is 4.42 Å². The summed E-state index contributed by atoms with van der Waals surface area (Å²) < 4.78 is 23.3. The van der Waals surface area contributed by atoms with Crippen molar-refractivity contribution < 1.29 is 4.42 Å². The number of furan rings is 1. The Hall–Kier alpha value is -18.0. The van der Waals surface area contributed by atoms with Crippen molar-refractivity contribution in [2.75, 3.05) is 0 Å². The second kappa shape index (κ2) is 30.9. The highest BCUT2D eigenvalue weighted by molar-refractivity contribution is 6.32. The van der Waals surface area contributed by atoms with Crippen LogP contribution in [0.4, 0.5) is 0 Å². The molecule has 8 aromatic heterocycles. The molecule has 8 nitrogen and oxygen atoms in total. The predicted octanol–water partition coefficient (Wildman–Crippen LogP) is 33.6. The fourth-order valence-electron chi connectivity index (χ4n) is 22.0. The molecule has 0 amide bonds. The summed E-state index contributed by atoms with van der Waals surface area (Å²) in [4.78, 5) is 0. The number of para-hydroxylation sites is 13. The zero-order valence-electron chi connectivity index (χ0n) is 72.8. The van der Waals surface area contributed by atoms with E-state index in [0.717, 1.165) is 44.7 Å². The van der Waals surface area contributed by atoms with E-state index in [1.165, 1.54) is 203 Å². The van der Waals surface area contributed by atoms with E-state index in [-0.39, 0.29) is 0 Å². The van der Waals surface area contributed by atoms with Crippen molar-refractivity contribution in [3.05, 3.63) is 491 Å². The van der Waals surface area contributed by atoms with E-state index >= 15 is 0 Å². The molecule has 8 heterocycles. The molecule has 626 valence electrons. The smallest absolute Gasteiger partial charge is 0.159 e. The topological polar surface area (TPSA) is 47.6 Å². The Kier molecular flexibility index (Phi) is 17.5. The van der Waals surface area contributed by atoms with E-state index < -0.39 is 0 Å². The van der Waals surface area contributed by atoms with Gasteiger partial charge in [0.1, 0.15) is 5.58 Å². The van der Waals surface area contributed by atoms with Crippen molar-refractivity contribution >= 4 is 175 Å². The molecule has 0 saturated heterocycles. The molecule has 0 aliphatic heterocycles. The van der Waals surface area contributed by atoms with Gasteiger partial charge in [-0.15, -0.1) is 0 Å². The molecule has 29 aromatic rings. The molecule has 134 heavy (non-hydrogen) atoms. The molecule has 0 unspecified atom stereocenters. The summed E-state index contributed by atoms with van der Waals surface area (Å²) in [6.07, 6.45) is 0. The molecule has 0 saturated carbocycles. The van der Waals surface area contributed by atoms with E-state index in [2.05, 4.69) is 511 Å². The second-order valence-electron chi connectivity index (χ2n) is 34.9. The zero-order chi connectivity index (χ0) is 88.0. The summed E-state index contributed by atoms with van der Waals surface area (Å²) in [6.45, 7) is 0. The Morgan fingerprint density at radius 3 is 0.709 bits per heavy atom. The van der Waals surface area contributed by atoms with Gasteiger partial charge in [0.25, 0.3) is 0 Å². The van der Waals surface area contributed by atoms with Gasteiger partial charge in [-0.2, -0.15) is 0 Å². The molecule has 29 rings (SSSR count). The first-order chi connectivity index (χ1) is 66.6. The Balaban J connectivity index is 0.000000103. The number of hydrogen-bond acceptors (Lipinski definition) is 1. The van der Waals surface area contributed by atoms with Gasteiger partial charge in [-0.05, 0) is 215 Å². The second-order valence-corrected chi connectivity index (χ2v) is 34.9. The Morgan fingerprint density at radius 2 is 0.358 bits per heavy atom. The lowest BCUT2D eigenvalue weighted by atomic mass is 9.93. The van der Waals surface area contributed by atoms with E-state index in [9.17, 15) is 0 Å². The van der Waals surface area contributed by atoms with Crippen LogP contribution < -0.4 is 0 Å². The number of aromatic nitrogens is 7. The molecule has 0 atom stereocenters. The minimum atomic E-state index is 0.910. The lowest BCUT2D eigenvalue weighted by molar-refractivity contribution is 0.666. The number of nitrogens with zero attached hydrogens (tertiary/aromatic N) is 7. The monoisotopic (exact) mass is 1710 g/mol. The van der Waals surface area contributed by atoms with Crippen LogP contribution in [0, 0.1) is 0 Å². The third-order valence-corrected chi connectivity index (χ3v) is 27.6. The molecule has 21 aromatic carbocycles. The van der Waals surface area contributed by atoms with Crippen LogP contribution >= 0.6 is 0 Å². The summed E-state index contributed by atoms with van der Waals surface area (Å²) in [5, 5.41) is 20.1. The van der Waals surface area contributed by atoms with Crippen LogP contribution in [0.2, 0.25) is 0 Å². The first-order valence-electron chi connectivity index (χ1n) is 46.0. The van der Waals surface area contributed by atoms with Gasteiger partial charge in [0.05, 0.1) is 82.9 Å². The molecule has 0 radical (unpaired) electrons. The molecule has 8 heteroatoms. The number of fused-ring (bicyclic) bond motifs is 27. The third kappa shape index (κ3) is 11.9. The van der Waals surface area contributed by atoms with Crippen LogP contribution in [0.1, 0.15) is 0 Å². The average Bonchev–Trinajstić information content (AvgIpc) is 1.54. The van der Waals surface area contributed by atoms with Gasteiger partial charge < -0.3 is 36.4 Å². The van der Waals surface area contributed by atoms with Crippen molar-refractivity contribution in [2.24, 2.45) is 0 Å². The molecule has 0 N–H and O–H groups in total. The van der Waals surface area contributed by atoms with Gasteiger partial charge in [-0.1, -0.05) is 309 Å². The Labute approximate surface area is 770 Å². The highest BCUT2D eigenvalue weighted by Crippen LogP contribution is 2.49. The minimum Gasteiger partial charge on any atom is -0.454 e. The van der Waals surface area contributed by atoms with E-state index in [0.29, 0.717) is 0 Å². The molecule has 0 aliphatic carbocycles. The van der Waals surface area contributed by atoms with Crippen molar-refractivity contribution in [3.8, 4) is 73.2 Å². The third-order valence-electron chi connectivity index (χ3n) is 27.6. The first kappa shape index (κ1) is 76.1. The van der Waals surface area contributed by atoms with Gasteiger partial charge in [0, 0.05) is 120 Å². The maximum absolute atomic E-state index is 6.50. The van der Waals surface area contributed by atoms with Crippen LogP contribution in [0.15, 0.2) is 496 Å². The summed E-state index contributed by atoms with van der Waals surface area (Å²) in [7, 11) is 0. The quantitative estimate of drug-likeness (QED) is 0.135. The first-order valence-corrected chi connectivity index (χ1v) is 46.0. The highest BCUT2D eigenvalue weighted by Gasteiger charge is 2.27. The van der Waals surface area contributed by atoms with Crippen LogP contribution in [0.3, 0.4) is 0 Å². The maximum atomic E-state index is 6.50. The molecule has 0 fully saturated rings. The predicted molar refractivity (Wildman–Crippen MR) is 563 cm³/mol. The van der Waals surface area contributed by atoms with E-state index in [1.54, 1.807) is 0 Å². The Bertz CT molecular complexity index is 9630. The van der Waals surface area contributed by atoms with E-state index in [1.807, 2.05) is 12.1 Å². The fraction of sp³-hybridized carbons (Fsp3) is 0. The van der Waals surface area contributed by atoms with Crippen molar-refractivity contribution in [2.45, 2.75) is 0 Å². The SMILES string of the molecule is c1ccc(-c2cc(-c3ccccc3)cc(-c3ccc(-n4c5ccccc5c5c6c7ccccc7n(-c7ccccc7)c6ccc54)cc3)c2)cc1.c1ccc(-n2c3ccccc3c3c4c5ccccc5n(-c5cccc(-n6c7ccccc7c7ccccc76)c5)c4ccc32)cc1.c1ccc(-n2c3ccccc3c3c4c5ccccc5n(-c5cccc6c5oc5ccccc56)c4ccc32)cc1. The van der Waals surface area contributed by atoms with Crippen molar-refractivity contribution in [3.63, 3.8) is 0 Å². The maximum Gasteiger partial charge on any atom is 0.159 e. The number of benzene rings is 21.